The van der Waals surface area contributed by atoms with E-state index in [1.807, 2.05) is 20.8 Å². The molecule has 4 N–H and O–H groups in total. The topological polar surface area (TPSA) is 50.1 Å². The smallest absolute Gasteiger partial charge is 0.0527 e. The Bertz CT molecular complexity index is 952. The molecule has 0 aromatic rings. The van der Waals surface area contributed by atoms with E-state index in [1.165, 1.54) is 30.4 Å². The second kappa shape index (κ2) is 25.8. The maximum atomic E-state index is 6.05. The molecule has 0 heterocycles. The van der Waals surface area contributed by atoms with Gasteiger partial charge in [-0.25, -0.2) is 0 Å². The summed E-state index contributed by atoms with van der Waals surface area (Å²) < 4.78 is 0. The molecule has 6 atom stereocenters. The fraction of sp³-hybridized carbons (Fsp3) is 0.733. The lowest BCUT2D eigenvalue weighted by Gasteiger charge is -2.40. The van der Waals surface area contributed by atoms with Crippen molar-refractivity contribution in [2.45, 2.75) is 168 Å². The molecular weight excluding hydrogens is 583 g/mol. The van der Waals surface area contributed by atoms with Gasteiger partial charge >= 0.3 is 0 Å². The van der Waals surface area contributed by atoms with E-state index in [9.17, 15) is 0 Å². The number of hydrogen-bond donors (Lipinski definition) is 3. The fourth-order valence-corrected chi connectivity index (χ4v) is 5.84. The largest absolute Gasteiger partial charge is 0.399 e. The molecule has 0 aliphatic heterocycles. The summed E-state index contributed by atoms with van der Waals surface area (Å²) in [5.41, 5.74) is 12.5. The van der Waals surface area contributed by atoms with E-state index in [0.29, 0.717) is 41.3 Å². The second-order valence-electron chi connectivity index (χ2n) is 16.8. The normalized spacial score (nSPS) is 16.1. The molecule has 0 amide bonds. The van der Waals surface area contributed by atoms with Crippen LogP contribution in [0, 0.1) is 46.8 Å². The predicted octanol–water partition coefficient (Wildman–Crippen LogP) is 13.4. The van der Waals surface area contributed by atoms with E-state index in [2.05, 4.69) is 140 Å². The summed E-state index contributed by atoms with van der Waals surface area (Å²) in [7, 11) is 0. The Morgan fingerprint density at radius 1 is 0.833 bits per heavy atom. The maximum Gasteiger partial charge on any atom is 0.0527 e. The SMILES string of the molecule is C=C(C)CCC(C)NC(=C)C.C=C(N)C(=C)C(CC1CC1)NC(=C)C(CC(=C)C(C)C(C)(C)C)C(C(C)C)C(C)CC.CC.CC(C)C. The minimum absolute atomic E-state index is 0.123. The summed E-state index contributed by atoms with van der Waals surface area (Å²) >= 11 is 0. The van der Waals surface area contributed by atoms with Gasteiger partial charge < -0.3 is 16.4 Å². The van der Waals surface area contributed by atoms with Crippen LogP contribution in [0.25, 0.3) is 0 Å². The van der Waals surface area contributed by atoms with Crippen molar-refractivity contribution in [2.24, 2.45) is 52.6 Å². The lowest BCUT2D eigenvalue weighted by molar-refractivity contribution is 0.178. The highest BCUT2D eigenvalue weighted by molar-refractivity contribution is 5.29. The first kappa shape index (κ1) is 50.2. The minimum atomic E-state index is 0.123. The molecule has 0 spiro atoms. The molecule has 3 nitrogen and oxygen atoms in total. The zero-order valence-corrected chi connectivity index (χ0v) is 35.5. The van der Waals surface area contributed by atoms with Crippen molar-refractivity contribution < 1.29 is 0 Å². The lowest BCUT2D eigenvalue weighted by Crippen LogP contribution is -2.39. The van der Waals surface area contributed by atoms with Gasteiger partial charge in [0.15, 0.2) is 0 Å². The Morgan fingerprint density at radius 3 is 1.65 bits per heavy atom. The van der Waals surface area contributed by atoms with Crippen LogP contribution < -0.4 is 16.4 Å². The molecule has 6 unspecified atom stereocenters. The van der Waals surface area contributed by atoms with Gasteiger partial charge in [-0.3, -0.25) is 0 Å². The van der Waals surface area contributed by atoms with Crippen molar-refractivity contribution in [3.8, 4) is 0 Å². The quantitative estimate of drug-likeness (QED) is 0.0947. The van der Waals surface area contributed by atoms with E-state index in [1.54, 1.807) is 0 Å². The minimum Gasteiger partial charge on any atom is -0.399 e. The number of rotatable bonds is 19. The van der Waals surface area contributed by atoms with E-state index >= 15 is 0 Å². The van der Waals surface area contributed by atoms with Gasteiger partial charge in [0, 0.05) is 29.1 Å². The zero-order valence-electron chi connectivity index (χ0n) is 35.5. The summed E-state index contributed by atoms with van der Waals surface area (Å²) in [4.78, 5) is 0. The average molecular weight is 670 g/mol. The molecule has 0 aromatic heterocycles. The van der Waals surface area contributed by atoms with Gasteiger partial charge in [-0.15, -0.1) is 6.58 Å². The fourth-order valence-electron chi connectivity index (χ4n) is 5.84. The van der Waals surface area contributed by atoms with Crippen LogP contribution in [0.5, 0.6) is 0 Å². The van der Waals surface area contributed by atoms with Crippen LogP contribution in [0.2, 0.25) is 0 Å². The van der Waals surface area contributed by atoms with Crippen LogP contribution in [-0.2, 0) is 0 Å². The van der Waals surface area contributed by atoms with Gasteiger partial charge in [-0.05, 0) is 93.0 Å². The van der Waals surface area contributed by atoms with E-state index in [4.69, 9.17) is 5.73 Å². The summed E-state index contributed by atoms with van der Waals surface area (Å²) in [6, 6.07) is 0.641. The Balaban J connectivity index is -0.000000983. The third-order valence-corrected chi connectivity index (χ3v) is 9.33. The highest BCUT2D eigenvalue weighted by Crippen LogP contribution is 2.42. The van der Waals surface area contributed by atoms with Gasteiger partial charge in [0.25, 0.3) is 0 Å². The van der Waals surface area contributed by atoms with E-state index < -0.39 is 0 Å². The van der Waals surface area contributed by atoms with Crippen LogP contribution in [-0.4, -0.2) is 12.1 Å². The standard InChI is InChI=1S/C29H52N2.C10H19N.C4H10.C2H6/c1-13-19(4)28(18(2)3)26(16-20(5)22(7)29(10,11)12)24(9)31-27(17-25-14-15-25)21(6)23(8)30;1-8(2)6-7-10(5)11-9(3)4;1-4(2)3;1-2/h18-19,22,25-28,31H,5-6,8-9,13-17,30H2,1-4,7,10-12H3;10-11H,1,3,6-7H2,2,4-5H3;4H,1-3H3;1-2H3. The monoisotopic (exact) mass is 670 g/mol. The molecule has 0 saturated heterocycles. The Kier molecular flexibility index (Phi) is 27.0. The summed E-state index contributed by atoms with van der Waals surface area (Å²) in [5, 5.41) is 7.05. The van der Waals surface area contributed by atoms with Crippen molar-refractivity contribution in [3.63, 3.8) is 0 Å². The van der Waals surface area contributed by atoms with Gasteiger partial charge in [0.05, 0.1) is 6.04 Å². The van der Waals surface area contributed by atoms with Crippen LogP contribution in [0.15, 0.2) is 73.3 Å². The number of nitrogens with one attached hydrogen (secondary N) is 2. The van der Waals surface area contributed by atoms with Crippen LogP contribution in [0.1, 0.15) is 156 Å². The van der Waals surface area contributed by atoms with Gasteiger partial charge in [-0.1, -0.05) is 153 Å². The zero-order chi connectivity index (χ0) is 38.5. The number of nitrogens with two attached hydrogens (primary N) is 1. The molecule has 0 aromatic carbocycles. The molecule has 3 heteroatoms. The van der Waals surface area contributed by atoms with Crippen LogP contribution >= 0.6 is 0 Å². The van der Waals surface area contributed by atoms with Crippen molar-refractivity contribution >= 4 is 0 Å². The molecule has 48 heavy (non-hydrogen) atoms. The molecule has 1 saturated carbocycles. The van der Waals surface area contributed by atoms with Crippen molar-refractivity contribution in [1.82, 2.24) is 10.6 Å². The molecule has 1 aliphatic carbocycles. The first-order valence-corrected chi connectivity index (χ1v) is 19.3. The first-order chi connectivity index (χ1) is 22.0. The van der Waals surface area contributed by atoms with Crippen molar-refractivity contribution in [2.75, 3.05) is 0 Å². The molecule has 282 valence electrons. The van der Waals surface area contributed by atoms with E-state index in [0.717, 1.165) is 54.5 Å². The summed E-state index contributed by atoms with van der Waals surface area (Å²) in [6.07, 6.45) is 8.06. The third-order valence-electron chi connectivity index (χ3n) is 9.33. The highest BCUT2D eigenvalue weighted by atomic mass is 14.9. The molecular formula is C45H87N3. The first-order valence-electron chi connectivity index (χ1n) is 19.3. The molecule has 1 aliphatic rings. The predicted molar refractivity (Wildman–Crippen MR) is 223 cm³/mol. The Hall–Kier alpha value is -2.16. The van der Waals surface area contributed by atoms with Gasteiger partial charge in [0.1, 0.15) is 0 Å². The Labute approximate surface area is 303 Å². The van der Waals surface area contributed by atoms with Crippen LogP contribution in [0.3, 0.4) is 0 Å². The summed E-state index contributed by atoms with van der Waals surface area (Å²) in [6.45, 7) is 60.4. The van der Waals surface area contributed by atoms with Gasteiger partial charge in [0.2, 0.25) is 0 Å². The number of hydrogen-bond acceptors (Lipinski definition) is 3. The molecule has 1 rings (SSSR count). The lowest BCUT2D eigenvalue weighted by atomic mass is 9.68. The van der Waals surface area contributed by atoms with Gasteiger partial charge in [-0.2, -0.15) is 0 Å². The van der Waals surface area contributed by atoms with E-state index in [-0.39, 0.29) is 11.5 Å². The highest BCUT2D eigenvalue weighted by Gasteiger charge is 2.35. The molecule has 1 fully saturated rings. The number of allylic oxidation sites excluding steroid dienone is 4. The average Bonchev–Trinajstić information content (AvgIpc) is 3.78. The molecule has 0 radical (unpaired) electrons. The Morgan fingerprint density at radius 2 is 1.31 bits per heavy atom. The van der Waals surface area contributed by atoms with Crippen molar-refractivity contribution in [3.05, 3.63) is 73.3 Å². The second-order valence-corrected chi connectivity index (χ2v) is 16.8. The summed E-state index contributed by atoms with van der Waals surface area (Å²) in [5.74, 6) is 4.14. The van der Waals surface area contributed by atoms with Crippen molar-refractivity contribution in [1.29, 1.82) is 0 Å². The third kappa shape index (κ3) is 24.0. The van der Waals surface area contributed by atoms with Crippen LogP contribution in [0.4, 0.5) is 0 Å². The molecule has 0 bridgehead atoms. The maximum absolute atomic E-state index is 6.05.